The van der Waals surface area contributed by atoms with Crippen LogP contribution in [0, 0.1) is 0 Å². The van der Waals surface area contributed by atoms with Gasteiger partial charge >= 0.3 is 0 Å². The van der Waals surface area contributed by atoms with Crippen molar-refractivity contribution in [1.29, 1.82) is 0 Å². The molecule has 0 heterocycles. The largest absolute Gasteiger partial charge is 0.190 e. The SMILES string of the molecule is CCC=CCOF. The number of hydrogen-bond donors (Lipinski definition) is 0. The Morgan fingerprint density at radius 1 is 1.57 bits per heavy atom. The van der Waals surface area contributed by atoms with E-state index in [1.54, 1.807) is 6.08 Å². The normalized spacial score (nSPS) is 10.6. The molecule has 0 saturated carbocycles. The Bertz CT molecular complexity index is 52.0. The van der Waals surface area contributed by atoms with Gasteiger partial charge in [-0.05, 0) is 10.9 Å². The first-order valence-corrected chi connectivity index (χ1v) is 2.30. The predicted molar refractivity (Wildman–Crippen MR) is 26.5 cm³/mol. The summed E-state index contributed by atoms with van der Waals surface area (Å²) in [6.07, 6.45) is 4.42. The van der Waals surface area contributed by atoms with Crippen LogP contribution in [-0.2, 0) is 4.94 Å². The average molecular weight is 104 g/mol. The minimum atomic E-state index is 0.0772. The van der Waals surface area contributed by atoms with Gasteiger partial charge in [0.2, 0.25) is 0 Å². The summed E-state index contributed by atoms with van der Waals surface area (Å²) in [5.41, 5.74) is 0. The molecule has 0 rings (SSSR count). The van der Waals surface area contributed by atoms with Crippen LogP contribution < -0.4 is 0 Å². The van der Waals surface area contributed by atoms with Crippen molar-refractivity contribution >= 4 is 0 Å². The van der Waals surface area contributed by atoms with E-state index < -0.39 is 0 Å². The molecule has 1 nitrogen and oxygen atoms in total. The molecular weight excluding hydrogens is 95.1 g/mol. The average Bonchev–Trinajstić information content (AvgIpc) is 1.69. The molecule has 0 aliphatic heterocycles. The second-order valence-electron chi connectivity index (χ2n) is 1.16. The van der Waals surface area contributed by atoms with Crippen LogP contribution in [0.1, 0.15) is 13.3 Å². The maximum absolute atomic E-state index is 10.8. The molecular formula is C5H9FO. The molecule has 7 heavy (non-hydrogen) atoms. The fraction of sp³-hybridized carbons (Fsp3) is 0.600. The van der Waals surface area contributed by atoms with Gasteiger partial charge in [0.1, 0.15) is 6.61 Å². The van der Waals surface area contributed by atoms with E-state index in [9.17, 15) is 4.53 Å². The lowest BCUT2D eigenvalue weighted by molar-refractivity contribution is -0.118. The van der Waals surface area contributed by atoms with Gasteiger partial charge in [-0.25, -0.2) is 0 Å². The summed E-state index contributed by atoms with van der Waals surface area (Å²) in [6, 6.07) is 0. The molecule has 0 fully saturated rings. The molecule has 0 atom stereocenters. The Morgan fingerprint density at radius 3 is 2.71 bits per heavy atom. The maximum Gasteiger partial charge on any atom is 0.106 e. The molecule has 0 aromatic heterocycles. The highest BCUT2D eigenvalue weighted by molar-refractivity contribution is 4.78. The first kappa shape index (κ1) is 6.63. The third-order valence-corrected chi connectivity index (χ3v) is 0.562. The van der Waals surface area contributed by atoms with Gasteiger partial charge in [-0.15, -0.1) is 0 Å². The van der Waals surface area contributed by atoms with Crippen molar-refractivity contribution in [1.82, 2.24) is 0 Å². The third-order valence-electron chi connectivity index (χ3n) is 0.562. The summed E-state index contributed by atoms with van der Waals surface area (Å²) < 4.78 is 10.8. The van der Waals surface area contributed by atoms with Crippen molar-refractivity contribution in [2.75, 3.05) is 6.61 Å². The van der Waals surface area contributed by atoms with Crippen molar-refractivity contribution in [3.63, 3.8) is 0 Å². The molecule has 2 heteroatoms. The minimum Gasteiger partial charge on any atom is -0.190 e. The van der Waals surface area contributed by atoms with E-state index >= 15 is 0 Å². The summed E-state index contributed by atoms with van der Waals surface area (Å²) in [6.45, 7) is 2.06. The van der Waals surface area contributed by atoms with E-state index in [-0.39, 0.29) is 6.61 Å². The zero-order valence-electron chi connectivity index (χ0n) is 4.36. The van der Waals surface area contributed by atoms with Gasteiger partial charge in [0, 0.05) is 0 Å². The molecule has 0 aromatic carbocycles. The van der Waals surface area contributed by atoms with Crippen LogP contribution >= 0.6 is 0 Å². The number of halogens is 1. The van der Waals surface area contributed by atoms with E-state index in [4.69, 9.17) is 0 Å². The number of rotatable bonds is 3. The van der Waals surface area contributed by atoms with Crippen LogP contribution in [0.15, 0.2) is 12.2 Å². The van der Waals surface area contributed by atoms with Gasteiger partial charge in [-0.3, -0.25) is 0 Å². The smallest absolute Gasteiger partial charge is 0.106 e. The second-order valence-corrected chi connectivity index (χ2v) is 1.16. The molecule has 0 bridgehead atoms. The second kappa shape index (κ2) is 5.63. The van der Waals surface area contributed by atoms with E-state index in [1.807, 2.05) is 13.0 Å². The van der Waals surface area contributed by atoms with Crippen LogP contribution in [0.2, 0.25) is 0 Å². The van der Waals surface area contributed by atoms with Crippen molar-refractivity contribution in [2.24, 2.45) is 0 Å². The van der Waals surface area contributed by atoms with E-state index in [1.165, 1.54) is 0 Å². The summed E-state index contributed by atoms with van der Waals surface area (Å²) in [5.74, 6) is 0. The van der Waals surface area contributed by atoms with Crippen molar-refractivity contribution in [3.05, 3.63) is 12.2 Å². The standard InChI is InChI=1S/C5H9FO/c1-2-3-4-5-7-6/h3-4H,2,5H2,1H3. The Morgan fingerprint density at radius 2 is 2.29 bits per heavy atom. The first-order chi connectivity index (χ1) is 3.41. The molecule has 0 saturated heterocycles. The third kappa shape index (κ3) is 5.63. The van der Waals surface area contributed by atoms with E-state index in [0.29, 0.717) is 0 Å². The summed E-state index contributed by atoms with van der Waals surface area (Å²) in [5, 5.41) is 0. The fourth-order valence-electron chi connectivity index (χ4n) is 0.271. The topological polar surface area (TPSA) is 9.23 Å². The summed E-state index contributed by atoms with van der Waals surface area (Å²) in [4.78, 5) is 3.26. The molecule has 0 amide bonds. The number of allylic oxidation sites excluding steroid dienone is 1. The van der Waals surface area contributed by atoms with Crippen LogP contribution in [0.5, 0.6) is 0 Å². The predicted octanol–water partition coefficient (Wildman–Crippen LogP) is 1.85. The van der Waals surface area contributed by atoms with Crippen LogP contribution in [0.3, 0.4) is 0 Å². The van der Waals surface area contributed by atoms with Gasteiger partial charge in [-0.2, -0.15) is 4.94 Å². The molecule has 0 N–H and O–H groups in total. The maximum atomic E-state index is 10.8. The highest BCUT2D eigenvalue weighted by Gasteiger charge is 1.70. The highest BCUT2D eigenvalue weighted by atomic mass is 19.3. The molecule has 0 radical (unpaired) electrons. The Hall–Kier alpha value is -0.370. The summed E-state index contributed by atoms with van der Waals surface area (Å²) in [7, 11) is 0. The molecule has 0 aliphatic carbocycles. The van der Waals surface area contributed by atoms with Gasteiger partial charge in [-0.1, -0.05) is 19.1 Å². The monoisotopic (exact) mass is 104 g/mol. The van der Waals surface area contributed by atoms with Crippen molar-refractivity contribution < 1.29 is 9.47 Å². The van der Waals surface area contributed by atoms with E-state index in [0.717, 1.165) is 6.42 Å². The zero-order valence-corrected chi connectivity index (χ0v) is 4.36. The highest BCUT2D eigenvalue weighted by Crippen LogP contribution is 1.80. The van der Waals surface area contributed by atoms with Crippen molar-refractivity contribution in [2.45, 2.75) is 13.3 Å². The quantitative estimate of drug-likeness (QED) is 0.496. The first-order valence-electron chi connectivity index (χ1n) is 2.30. The Kier molecular flexibility index (Phi) is 5.33. The van der Waals surface area contributed by atoms with Gasteiger partial charge < -0.3 is 0 Å². The van der Waals surface area contributed by atoms with Gasteiger partial charge in [0.15, 0.2) is 0 Å². The van der Waals surface area contributed by atoms with Gasteiger partial charge in [0.05, 0.1) is 0 Å². The van der Waals surface area contributed by atoms with E-state index in [2.05, 4.69) is 4.94 Å². The fourth-order valence-corrected chi connectivity index (χ4v) is 0.271. The molecule has 0 aromatic rings. The number of hydrogen-bond acceptors (Lipinski definition) is 1. The van der Waals surface area contributed by atoms with Crippen molar-refractivity contribution in [3.8, 4) is 0 Å². The van der Waals surface area contributed by atoms with Gasteiger partial charge in [0.25, 0.3) is 0 Å². The lowest BCUT2D eigenvalue weighted by atomic mass is 10.4. The Labute approximate surface area is 42.7 Å². The summed E-state index contributed by atoms with van der Waals surface area (Å²) >= 11 is 0. The van der Waals surface area contributed by atoms with Crippen LogP contribution in [0.4, 0.5) is 4.53 Å². The molecule has 0 aliphatic rings. The minimum absolute atomic E-state index is 0.0772. The lowest BCUT2D eigenvalue weighted by Gasteiger charge is -1.78. The van der Waals surface area contributed by atoms with Crippen LogP contribution in [0.25, 0.3) is 0 Å². The molecule has 42 valence electrons. The Balaban J connectivity index is 2.78. The lowest BCUT2D eigenvalue weighted by Crippen LogP contribution is -1.73. The van der Waals surface area contributed by atoms with Crippen LogP contribution in [-0.4, -0.2) is 6.61 Å². The molecule has 0 unspecified atom stereocenters. The zero-order chi connectivity index (χ0) is 5.54. The molecule has 0 spiro atoms.